The van der Waals surface area contributed by atoms with Gasteiger partial charge < -0.3 is 15.0 Å². The molecule has 3 heterocycles. The van der Waals surface area contributed by atoms with Crippen molar-refractivity contribution in [3.05, 3.63) is 88.8 Å². The molecule has 1 aliphatic rings. The molecule has 1 N–H and O–H groups in total. The van der Waals surface area contributed by atoms with Gasteiger partial charge in [-0.3, -0.25) is 14.2 Å². The maximum absolute atomic E-state index is 13.6. The fourth-order valence-electron chi connectivity index (χ4n) is 4.62. The zero-order valence-corrected chi connectivity index (χ0v) is 20.3. The average molecular weight is 484 g/mol. The number of nitrogens with one attached hydrogen (secondary N) is 1. The summed E-state index contributed by atoms with van der Waals surface area (Å²) in [4.78, 5) is 37.7. The molecule has 1 saturated heterocycles. The van der Waals surface area contributed by atoms with E-state index in [1.165, 1.54) is 0 Å². The fraction of sp³-hybridized carbons (Fsp3) is 0.286. The predicted molar refractivity (Wildman–Crippen MR) is 141 cm³/mol. The summed E-state index contributed by atoms with van der Waals surface area (Å²) >= 11 is 0. The summed E-state index contributed by atoms with van der Waals surface area (Å²) in [6, 6.07) is 21.0. The largest absolute Gasteiger partial charge is 0.492 e. The molecule has 0 aliphatic carbocycles. The molecule has 36 heavy (non-hydrogen) atoms. The Kier molecular flexibility index (Phi) is 6.93. The van der Waals surface area contributed by atoms with E-state index in [4.69, 9.17) is 4.74 Å². The molecule has 0 bridgehead atoms. The van der Waals surface area contributed by atoms with E-state index >= 15 is 0 Å². The Morgan fingerprint density at radius 2 is 1.78 bits per heavy atom. The van der Waals surface area contributed by atoms with E-state index in [0.29, 0.717) is 67.5 Å². The Morgan fingerprint density at radius 3 is 2.56 bits per heavy atom. The standard InChI is InChI=1S/C28H29N5O3/c1-2-36-24-13-7-6-11-22(24)31-27(34)21-14-17-32(18-15-21)26-28(35)33(19-20-9-4-3-5-10-20)25-23(30-26)12-8-16-29-25/h3-13,16,21H,2,14-15,17-19H2,1H3,(H,31,34). The highest BCUT2D eigenvalue weighted by Crippen LogP contribution is 2.27. The number of piperidine rings is 1. The lowest BCUT2D eigenvalue weighted by atomic mass is 9.95. The van der Waals surface area contributed by atoms with Crippen LogP contribution in [0.4, 0.5) is 11.5 Å². The highest BCUT2D eigenvalue weighted by atomic mass is 16.5. The van der Waals surface area contributed by atoms with Gasteiger partial charge in [-0.1, -0.05) is 42.5 Å². The molecule has 1 amide bonds. The number of carbonyl (C=O) groups is 1. The van der Waals surface area contributed by atoms with Crippen LogP contribution in [0.2, 0.25) is 0 Å². The summed E-state index contributed by atoms with van der Waals surface area (Å²) in [6.07, 6.45) is 2.94. The predicted octanol–water partition coefficient (Wildman–Crippen LogP) is 4.09. The van der Waals surface area contributed by atoms with E-state index < -0.39 is 0 Å². The lowest BCUT2D eigenvalue weighted by Gasteiger charge is -2.32. The van der Waals surface area contributed by atoms with Gasteiger partial charge in [0, 0.05) is 25.2 Å². The van der Waals surface area contributed by atoms with Crippen molar-refractivity contribution in [2.75, 3.05) is 29.9 Å². The molecule has 8 nitrogen and oxygen atoms in total. The minimum Gasteiger partial charge on any atom is -0.492 e. The molecular formula is C28H29N5O3. The number of fused-ring (bicyclic) bond motifs is 1. The molecule has 0 spiro atoms. The Balaban J connectivity index is 1.34. The van der Waals surface area contributed by atoms with Gasteiger partial charge >= 0.3 is 0 Å². The number of carbonyl (C=O) groups excluding carboxylic acids is 1. The lowest BCUT2D eigenvalue weighted by molar-refractivity contribution is -0.120. The first-order chi connectivity index (χ1) is 17.6. The van der Waals surface area contributed by atoms with Crippen LogP contribution >= 0.6 is 0 Å². The zero-order chi connectivity index (χ0) is 24.9. The monoisotopic (exact) mass is 483 g/mol. The summed E-state index contributed by atoms with van der Waals surface area (Å²) in [6.45, 7) is 4.01. The van der Waals surface area contributed by atoms with Crippen molar-refractivity contribution in [3.63, 3.8) is 0 Å². The van der Waals surface area contributed by atoms with Crippen molar-refractivity contribution in [1.82, 2.24) is 14.5 Å². The van der Waals surface area contributed by atoms with E-state index in [9.17, 15) is 9.59 Å². The highest BCUT2D eigenvalue weighted by Gasteiger charge is 2.28. The number of anilines is 2. The van der Waals surface area contributed by atoms with Gasteiger partial charge in [0.25, 0.3) is 5.56 Å². The number of amides is 1. The van der Waals surface area contributed by atoms with Crippen molar-refractivity contribution in [2.24, 2.45) is 5.92 Å². The molecule has 0 saturated carbocycles. The van der Waals surface area contributed by atoms with Crippen LogP contribution in [0.25, 0.3) is 11.2 Å². The second-order valence-corrected chi connectivity index (χ2v) is 8.84. The minimum atomic E-state index is -0.168. The molecule has 0 radical (unpaired) electrons. The van der Waals surface area contributed by atoms with E-state index in [1.54, 1.807) is 10.8 Å². The Hall–Kier alpha value is -4.20. The van der Waals surface area contributed by atoms with Gasteiger partial charge in [0.05, 0.1) is 18.8 Å². The summed E-state index contributed by atoms with van der Waals surface area (Å²) in [7, 11) is 0. The molecule has 5 rings (SSSR count). The van der Waals surface area contributed by atoms with Crippen LogP contribution in [0.1, 0.15) is 25.3 Å². The maximum atomic E-state index is 13.6. The van der Waals surface area contributed by atoms with Gasteiger partial charge in [-0.2, -0.15) is 0 Å². The molecule has 0 atom stereocenters. The quantitative estimate of drug-likeness (QED) is 0.426. The summed E-state index contributed by atoms with van der Waals surface area (Å²) in [5.74, 6) is 0.897. The molecule has 1 fully saturated rings. The SMILES string of the molecule is CCOc1ccccc1NC(=O)C1CCN(c2nc3cccnc3n(Cc3ccccc3)c2=O)CC1. The number of hydrogen-bond acceptors (Lipinski definition) is 6. The third kappa shape index (κ3) is 4.93. The molecule has 4 aromatic rings. The van der Waals surface area contributed by atoms with E-state index in [0.717, 1.165) is 5.56 Å². The van der Waals surface area contributed by atoms with Gasteiger partial charge in [-0.25, -0.2) is 9.97 Å². The highest BCUT2D eigenvalue weighted by molar-refractivity contribution is 5.94. The first-order valence-electron chi connectivity index (χ1n) is 12.3. The molecule has 8 heteroatoms. The molecule has 2 aromatic heterocycles. The third-order valence-electron chi connectivity index (χ3n) is 6.48. The number of ether oxygens (including phenoxy) is 1. The topological polar surface area (TPSA) is 89.3 Å². The zero-order valence-electron chi connectivity index (χ0n) is 20.3. The average Bonchev–Trinajstić information content (AvgIpc) is 2.92. The number of para-hydroxylation sites is 2. The number of pyridine rings is 1. The van der Waals surface area contributed by atoms with Crippen LogP contribution in [0.5, 0.6) is 5.75 Å². The number of rotatable bonds is 7. The Labute approximate surface area is 209 Å². The third-order valence-corrected chi connectivity index (χ3v) is 6.48. The first kappa shape index (κ1) is 23.5. The normalized spacial score (nSPS) is 14.1. The smallest absolute Gasteiger partial charge is 0.295 e. The van der Waals surface area contributed by atoms with Crippen molar-refractivity contribution < 1.29 is 9.53 Å². The van der Waals surface area contributed by atoms with Crippen molar-refractivity contribution in [3.8, 4) is 5.75 Å². The second kappa shape index (κ2) is 10.6. The number of hydrogen-bond donors (Lipinski definition) is 1. The molecule has 1 aliphatic heterocycles. The van der Waals surface area contributed by atoms with E-state index in [-0.39, 0.29) is 17.4 Å². The van der Waals surface area contributed by atoms with Crippen molar-refractivity contribution >= 4 is 28.6 Å². The molecule has 0 unspecified atom stereocenters. The van der Waals surface area contributed by atoms with Crippen molar-refractivity contribution in [2.45, 2.75) is 26.3 Å². The van der Waals surface area contributed by atoms with Crippen LogP contribution in [0.3, 0.4) is 0 Å². The van der Waals surface area contributed by atoms with Crippen molar-refractivity contribution in [1.29, 1.82) is 0 Å². The molecule has 2 aromatic carbocycles. The Morgan fingerprint density at radius 1 is 1.03 bits per heavy atom. The number of aromatic nitrogens is 3. The van der Waals surface area contributed by atoms with Gasteiger partial charge in [0.1, 0.15) is 11.3 Å². The van der Waals surface area contributed by atoms with E-state index in [1.807, 2.05) is 78.6 Å². The van der Waals surface area contributed by atoms with Gasteiger partial charge in [0.2, 0.25) is 5.91 Å². The van der Waals surface area contributed by atoms with Crippen LogP contribution in [0.15, 0.2) is 77.7 Å². The lowest BCUT2D eigenvalue weighted by Crippen LogP contribution is -2.42. The first-order valence-corrected chi connectivity index (χ1v) is 12.3. The van der Waals surface area contributed by atoms with Gasteiger partial charge in [-0.15, -0.1) is 0 Å². The van der Waals surface area contributed by atoms with E-state index in [2.05, 4.69) is 15.3 Å². The number of benzene rings is 2. The summed E-state index contributed by atoms with van der Waals surface area (Å²) in [5, 5.41) is 3.02. The minimum absolute atomic E-state index is 0.0287. The van der Waals surface area contributed by atoms with Gasteiger partial charge in [-0.05, 0) is 49.6 Å². The Bertz CT molecular complexity index is 1410. The molecule has 184 valence electrons. The molecular weight excluding hydrogens is 454 g/mol. The summed E-state index contributed by atoms with van der Waals surface area (Å²) < 4.78 is 7.32. The van der Waals surface area contributed by atoms with Crippen LogP contribution < -0.4 is 20.5 Å². The maximum Gasteiger partial charge on any atom is 0.295 e. The van der Waals surface area contributed by atoms with Crippen LogP contribution in [-0.4, -0.2) is 40.1 Å². The van der Waals surface area contributed by atoms with Gasteiger partial charge in [0.15, 0.2) is 11.5 Å². The number of nitrogens with zero attached hydrogens (tertiary/aromatic N) is 4. The fourth-order valence-corrected chi connectivity index (χ4v) is 4.62. The summed E-state index contributed by atoms with van der Waals surface area (Å²) in [5.41, 5.74) is 2.78. The second-order valence-electron chi connectivity index (χ2n) is 8.84. The van der Waals surface area contributed by atoms with Crippen LogP contribution in [0, 0.1) is 5.92 Å². The van der Waals surface area contributed by atoms with Crippen LogP contribution in [-0.2, 0) is 11.3 Å².